The number of hydrogen-bond donors (Lipinski definition) is 1. The lowest BCUT2D eigenvalue weighted by Gasteiger charge is -2.33. The van der Waals surface area contributed by atoms with Crippen molar-refractivity contribution in [1.82, 2.24) is 20.0 Å². The predicted molar refractivity (Wildman–Crippen MR) is 105 cm³/mol. The molecule has 0 unspecified atom stereocenters. The summed E-state index contributed by atoms with van der Waals surface area (Å²) in [6.07, 6.45) is 6.46. The van der Waals surface area contributed by atoms with E-state index < -0.39 is 0 Å². The number of carbonyl (C=O) groups is 1. The van der Waals surface area contributed by atoms with Gasteiger partial charge in [-0.15, -0.1) is 24.0 Å². The topological polar surface area (TPSA) is 71.8 Å². The minimum Gasteiger partial charge on any atom is -0.466 e. The molecule has 0 amide bonds. The molecule has 1 aliphatic heterocycles. The van der Waals surface area contributed by atoms with Gasteiger partial charge in [-0.3, -0.25) is 14.5 Å². The molecule has 0 spiro atoms. The van der Waals surface area contributed by atoms with Crippen LogP contribution in [0.2, 0.25) is 0 Å². The molecule has 0 bridgehead atoms. The van der Waals surface area contributed by atoms with Gasteiger partial charge in [0, 0.05) is 39.9 Å². The summed E-state index contributed by atoms with van der Waals surface area (Å²) in [6, 6.07) is 0. The number of hydrogen-bond acceptors (Lipinski definition) is 4. The van der Waals surface area contributed by atoms with Gasteiger partial charge in [0.15, 0.2) is 5.96 Å². The Kier molecular flexibility index (Phi) is 9.09. The van der Waals surface area contributed by atoms with Crippen LogP contribution in [0, 0.1) is 5.92 Å². The number of esters is 1. The Morgan fingerprint density at radius 2 is 2.17 bits per heavy atom. The highest BCUT2D eigenvalue weighted by Gasteiger charge is 2.27. The molecule has 1 aromatic rings. The third-order valence-electron chi connectivity index (χ3n) is 4.08. The van der Waals surface area contributed by atoms with Gasteiger partial charge in [0.2, 0.25) is 0 Å². The van der Waals surface area contributed by atoms with Crippen molar-refractivity contribution in [3.63, 3.8) is 0 Å². The molecule has 8 heteroatoms. The molecule has 2 heterocycles. The summed E-state index contributed by atoms with van der Waals surface area (Å²) in [5, 5.41) is 7.56. The van der Waals surface area contributed by atoms with Gasteiger partial charge in [0.25, 0.3) is 0 Å². The van der Waals surface area contributed by atoms with Gasteiger partial charge in [0.1, 0.15) is 0 Å². The summed E-state index contributed by atoms with van der Waals surface area (Å²) < 4.78 is 6.92. The van der Waals surface area contributed by atoms with Crippen LogP contribution in [0.4, 0.5) is 0 Å². The third-order valence-corrected chi connectivity index (χ3v) is 4.08. The van der Waals surface area contributed by atoms with E-state index in [0.717, 1.165) is 44.9 Å². The highest BCUT2D eigenvalue weighted by atomic mass is 127. The van der Waals surface area contributed by atoms with Crippen LogP contribution in [0.15, 0.2) is 17.4 Å². The van der Waals surface area contributed by atoms with Gasteiger partial charge in [-0.1, -0.05) is 0 Å². The van der Waals surface area contributed by atoms with Crippen molar-refractivity contribution < 1.29 is 9.53 Å². The summed E-state index contributed by atoms with van der Waals surface area (Å²) in [7, 11) is 3.72. The zero-order chi connectivity index (χ0) is 16.7. The van der Waals surface area contributed by atoms with Crippen LogP contribution in [0.5, 0.6) is 0 Å². The average molecular weight is 449 g/mol. The number of piperidine rings is 1. The quantitative estimate of drug-likeness (QED) is 0.319. The van der Waals surface area contributed by atoms with Crippen LogP contribution in [0.1, 0.15) is 25.3 Å². The van der Waals surface area contributed by atoms with Crippen molar-refractivity contribution in [2.75, 3.05) is 33.3 Å². The fourth-order valence-electron chi connectivity index (χ4n) is 2.84. The highest BCUT2D eigenvalue weighted by molar-refractivity contribution is 14.0. The summed E-state index contributed by atoms with van der Waals surface area (Å²) >= 11 is 0. The van der Waals surface area contributed by atoms with Crippen LogP contribution in [0.3, 0.4) is 0 Å². The molecule has 1 aliphatic rings. The number of rotatable bonds is 5. The molecule has 136 valence electrons. The number of aryl methyl sites for hydroxylation is 1. The molecule has 7 nitrogen and oxygen atoms in total. The molecule has 0 aliphatic carbocycles. The van der Waals surface area contributed by atoms with Gasteiger partial charge in [0.05, 0.1) is 18.7 Å². The molecule has 0 saturated carbocycles. The molecule has 1 aromatic heterocycles. The van der Waals surface area contributed by atoms with Gasteiger partial charge in [-0.2, -0.15) is 5.10 Å². The van der Waals surface area contributed by atoms with E-state index >= 15 is 0 Å². The molecule has 0 radical (unpaired) electrons. The molecule has 2 rings (SSSR count). The van der Waals surface area contributed by atoms with Crippen LogP contribution in [-0.4, -0.2) is 59.9 Å². The Labute approximate surface area is 160 Å². The fraction of sp³-hybridized carbons (Fsp3) is 0.688. The van der Waals surface area contributed by atoms with Crippen LogP contribution in [-0.2, 0) is 23.0 Å². The molecular weight excluding hydrogens is 421 g/mol. The fourth-order valence-corrected chi connectivity index (χ4v) is 2.84. The standard InChI is InChI=1S/C16H27N5O2.HI/c1-4-23-15(22)14-6-9-21(10-7-14)16(17-2)18-8-5-13-11-19-20(3)12-13;/h11-12,14H,4-10H2,1-3H3,(H,17,18);1H. The summed E-state index contributed by atoms with van der Waals surface area (Å²) in [5.41, 5.74) is 1.21. The number of aromatic nitrogens is 2. The number of nitrogens with zero attached hydrogens (tertiary/aromatic N) is 4. The van der Waals surface area contributed by atoms with Gasteiger partial charge in [-0.05, 0) is 31.7 Å². The van der Waals surface area contributed by atoms with Crippen LogP contribution in [0.25, 0.3) is 0 Å². The largest absolute Gasteiger partial charge is 0.466 e. The van der Waals surface area contributed by atoms with Crippen molar-refractivity contribution in [3.8, 4) is 0 Å². The molecule has 1 fully saturated rings. The van der Waals surface area contributed by atoms with Gasteiger partial charge in [-0.25, -0.2) is 0 Å². The first kappa shape index (κ1) is 20.7. The minimum absolute atomic E-state index is 0. The van der Waals surface area contributed by atoms with E-state index in [-0.39, 0.29) is 35.9 Å². The lowest BCUT2D eigenvalue weighted by Crippen LogP contribution is -2.47. The maximum atomic E-state index is 11.8. The van der Waals surface area contributed by atoms with E-state index in [2.05, 4.69) is 20.3 Å². The van der Waals surface area contributed by atoms with Crippen molar-refractivity contribution in [1.29, 1.82) is 0 Å². The molecule has 1 N–H and O–H groups in total. The van der Waals surface area contributed by atoms with E-state index in [0.29, 0.717) is 6.61 Å². The van der Waals surface area contributed by atoms with Crippen molar-refractivity contribution in [2.45, 2.75) is 26.2 Å². The number of nitrogens with one attached hydrogen (secondary N) is 1. The SMILES string of the molecule is CCOC(=O)C1CCN(C(=NC)NCCc2cnn(C)c2)CC1.I. The Bertz CT molecular complexity index is 538. The zero-order valence-electron chi connectivity index (χ0n) is 14.7. The Morgan fingerprint density at radius 1 is 1.46 bits per heavy atom. The minimum atomic E-state index is -0.0633. The van der Waals surface area contributed by atoms with Gasteiger partial charge >= 0.3 is 5.97 Å². The second-order valence-corrected chi connectivity index (χ2v) is 5.76. The Hall–Kier alpha value is -1.32. The Balaban J connectivity index is 0.00000288. The van der Waals surface area contributed by atoms with Crippen LogP contribution < -0.4 is 5.32 Å². The van der Waals surface area contributed by atoms with E-state index in [1.807, 2.05) is 31.0 Å². The lowest BCUT2D eigenvalue weighted by atomic mass is 9.97. The predicted octanol–water partition coefficient (Wildman–Crippen LogP) is 1.43. The average Bonchev–Trinajstić information content (AvgIpc) is 2.97. The van der Waals surface area contributed by atoms with Gasteiger partial charge < -0.3 is 15.0 Å². The lowest BCUT2D eigenvalue weighted by molar-refractivity contribution is -0.149. The zero-order valence-corrected chi connectivity index (χ0v) is 17.0. The second kappa shape index (κ2) is 10.5. The van der Waals surface area contributed by atoms with Crippen molar-refractivity contribution >= 4 is 35.9 Å². The highest BCUT2D eigenvalue weighted by Crippen LogP contribution is 2.18. The summed E-state index contributed by atoms with van der Waals surface area (Å²) in [4.78, 5) is 18.3. The first-order valence-electron chi connectivity index (χ1n) is 8.23. The van der Waals surface area contributed by atoms with Crippen molar-refractivity contribution in [3.05, 3.63) is 18.0 Å². The smallest absolute Gasteiger partial charge is 0.309 e. The molecular formula is C16H28IN5O2. The molecule has 1 saturated heterocycles. The first-order chi connectivity index (χ1) is 11.1. The maximum absolute atomic E-state index is 11.8. The Morgan fingerprint density at radius 3 is 2.71 bits per heavy atom. The number of aliphatic imine (C=N–C) groups is 1. The van der Waals surface area contributed by atoms with Crippen molar-refractivity contribution in [2.24, 2.45) is 18.0 Å². The number of guanidine groups is 1. The maximum Gasteiger partial charge on any atom is 0.309 e. The van der Waals surface area contributed by atoms with E-state index in [9.17, 15) is 4.79 Å². The summed E-state index contributed by atoms with van der Waals surface area (Å²) in [5.74, 6) is 0.863. The van der Waals surface area contributed by atoms with E-state index in [4.69, 9.17) is 4.74 Å². The molecule has 0 aromatic carbocycles. The summed E-state index contributed by atoms with van der Waals surface area (Å²) in [6.45, 7) is 4.78. The molecule has 24 heavy (non-hydrogen) atoms. The van der Waals surface area contributed by atoms with E-state index in [1.54, 1.807) is 7.05 Å². The number of halogens is 1. The first-order valence-corrected chi connectivity index (χ1v) is 8.23. The number of carbonyl (C=O) groups excluding carboxylic acids is 1. The monoisotopic (exact) mass is 449 g/mol. The second-order valence-electron chi connectivity index (χ2n) is 5.76. The third kappa shape index (κ3) is 5.95. The van der Waals surface area contributed by atoms with E-state index in [1.165, 1.54) is 5.56 Å². The molecule has 0 atom stereocenters. The normalized spacial score (nSPS) is 15.8. The van der Waals surface area contributed by atoms with Crippen LogP contribution >= 0.6 is 24.0 Å². The number of likely N-dealkylation sites (tertiary alicyclic amines) is 1. The number of ether oxygens (including phenoxy) is 1.